The maximum Gasteiger partial charge on any atom is 0.254 e. The Kier molecular flexibility index (Phi) is 3.34. The second kappa shape index (κ2) is 4.48. The first-order valence-electron chi connectivity index (χ1n) is 5.72. The van der Waals surface area contributed by atoms with Crippen molar-refractivity contribution in [1.82, 2.24) is 4.90 Å². The van der Waals surface area contributed by atoms with Gasteiger partial charge in [-0.15, -0.1) is 0 Å². The van der Waals surface area contributed by atoms with Gasteiger partial charge in [0.1, 0.15) is 5.75 Å². The third-order valence-corrected chi connectivity index (χ3v) is 4.25. The SMILES string of the molecule is CC1(C)CCCN1C(=O)c1ccc(I)c(O)c1. The number of hydrogen-bond donors (Lipinski definition) is 1. The van der Waals surface area contributed by atoms with E-state index in [0.717, 1.165) is 23.0 Å². The zero-order chi connectivity index (χ0) is 12.6. The number of aromatic hydroxyl groups is 1. The van der Waals surface area contributed by atoms with Gasteiger partial charge in [0.25, 0.3) is 5.91 Å². The van der Waals surface area contributed by atoms with Gasteiger partial charge in [-0.05, 0) is 67.5 Å². The van der Waals surface area contributed by atoms with Crippen LogP contribution in [0, 0.1) is 3.57 Å². The van der Waals surface area contributed by atoms with Gasteiger partial charge in [-0.1, -0.05) is 0 Å². The van der Waals surface area contributed by atoms with E-state index in [1.54, 1.807) is 18.2 Å². The van der Waals surface area contributed by atoms with Crippen molar-refractivity contribution in [2.24, 2.45) is 0 Å². The Morgan fingerprint density at radius 1 is 1.47 bits per heavy atom. The van der Waals surface area contributed by atoms with Crippen LogP contribution in [0.4, 0.5) is 0 Å². The molecule has 92 valence electrons. The summed E-state index contributed by atoms with van der Waals surface area (Å²) in [5.41, 5.74) is 0.494. The fourth-order valence-electron chi connectivity index (χ4n) is 2.29. The molecule has 0 atom stereocenters. The number of carbonyl (C=O) groups excluding carboxylic acids is 1. The second-order valence-corrected chi connectivity index (χ2v) is 6.20. The number of carbonyl (C=O) groups is 1. The number of phenolic OH excluding ortho intramolecular Hbond substituents is 1. The monoisotopic (exact) mass is 345 g/mol. The average Bonchev–Trinajstić information content (AvgIpc) is 2.61. The Morgan fingerprint density at radius 2 is 2.18 bits per heavy atom. The number of hydrogen-bond acceptors (Lipinski definition) is 2. The summed E-state index contributed by atoms with van der Waals surface area (Å²) in [5, 5.41) is 9.64. The van der Waals surface area contributed by atoms with Crippen LogP contribution >= 0.6 is 22.6 Å². The van der Waals surface area contributed by atoms with Crippen molar-refractivity contribution in [2.75, 3.05) is 6.54 Å². The van der Waals surface area contributed by atoms with Crippen LogP contribution in [0.5, 0.6) is 5.75 Å². The van der Waals surface area contributed by atoms with Gasteiger partial charge in [0.05, 0.1) is 3.57 Å². The highest BCUT2D eigenvalue weighted by atomic mass is 127. The van der Waals surface area contributed by atoms with Crippen LogP contribution in [0.1, 0.15) is 37.0 Å². The third kappa shape index (κ3) is 2.41. The lowest BCUT2D eigenvalue weighted by Gasteiger charge is -2.31. The number of nitrogens with zero attached hydrogens (tertiary/aromatic N) is 1. The fourth-order valence-corrected chi connectivity index (χ4v) is 2.62. The molecule has 0 aromatic heterocycles. The molecule has 0 aliphatic carbocycles. The molecule has 2 rings (SSSR count). The molecule has 0 bridgehead atoms. The van der Waals surface area contributed by atoms with Gasteiger partial charge in [-0.25, -0.2) is 0 Å². The summed E-state index contributed by atoms with van der Waals surface area (Å²) >= 11 is 2.04. The van der Waals surface area contributed by atoms with E-state index in [1.165, 1.54) is 0 Å². The lowest BCUT2D eigenvalue weighted by molar-refractivity contribution is 0.0651. The molecule has 1 aliphatic rings. The Labute approximate surface area is 115 Å². The van der Waals surface area contributed by atoms with Crippen molar-refractivity contribution in [2.45, 2.75) is 32.2 Å². The van der Waals surface area contributed by atoms with E-state index in [4.69, 9.17) is 0 Å². The third-order valence-electron chi connectivity index (χ3n) is 3.34. The summed E-state index contributed by atoms with van der Waals surface area (Å²) in [5.74, 6) is 0.188. The van der Waals surface area contributed by atoms with Crippen LogP contribution in [0.3, 0.4) is 0 Å². The molecule has 0 spiro atoms. The highest BCUT2D eigenvalue weighted by Crippen LogP contribution is 2.30. The summed E-state index contributed by atoms with van der Waals surface area (Å²) in [6.07, 6.45) is 2.09. The first-order chi connectivity index (χ1) is 7.92. The predicted octanol–water partition coefficient (Wildman–Crippen LogP) is 3.01. The molecule has 4 heteroatoms. The smallest absolute Gasteiger partial charge is 0.254 e. The zero-order valence-electron chi connectivity index (χ0n) is 10.0. The molecule has 1 aliphatic heterocycles. The molecule has 1 fully saturated rings. The molecule has 0 saturated carbocycles. The van der Waals surface area contributed by atoms with Crippen molar-refractivity contribution >= 4 is 28.5 Å². The lowest BCUT2D eigenvalue weighted by Crippen LogP contribution is -2.42. The first-order valence-corrected chi connectivity index (χ1v) is 6.80. The summed E-state index contributed by atoms with van der Waals surface area (Å²) in [4.78, 5) is 14.2. The predicted molar refractivity (Wildman–Crippen MR) is 75.2 cm³/mol. The highest BCUT2D eigenvalue weighted by molar-refractivity contribution is 14.1. The molecular weight excluding hydrogens is 329 g/mol. The van der Waals surface area contributed by atoms with Gasteiger partial charge in [0, 0.05) is 17.6 Å². The number of halogens is 1. The number of likely N-dealkylation sites (tertiary alicyclic amines) is 1. The van der Waals surface area contributed by atoms with E-state index in [0.29, 0.717) is 5.56 Å². The fraction of sp³-hybridized carbons (Fsp3) is 0.462. The van der Waals surface area contributed by atoms with E-state index in [2.05, 4.69) is 13.8 Å². The molecule has 1 N–H and O–H groups in total. The molecule has 1 saturated heterocycles. The lowest BCUT2D eigenvalue weighted by atomic mass is 10.0. The van der Waals surface area contributed by atoms with Gasteiger partial charge >= 0.3 is 0 Å². The molecule has 1 heterocycles. The molecule has 3 nitrogen and oxygen atoms in total. The first kappa shape index (κ1) is 12.7. The van der Waals surface area contributed by atoms with E-state index in [-0.39, 0.29) is 17.2 Å². The molecule has 1 aromatic carbocycles. The topological polar surface area (TPSA) is 40.5 Å². The molecular formula is C13H16INO2. The van der Waals surface area contributed by atoms with Gasteiger partial charge < -0.3 is 10.0 Å². The molecule has 1 amide bonds. The van der Waals surface area contributed by atoms with Crippen molar-refractivity contribution in [3.8, 4) is 5.75 Å². The molecule has 0 unspecified atom stereocenters. The van der Waals surface area contributed by atoms with Crippen LogP contribution in [0.15, 0.2) is 18.2 Å². The van der Waals surface area contributed by atoms with Crippen LogP contribution in [0.2, 0.25) is 0 Å². The van der Waals surface area contributed by atoms with Crippen molar-refractivity contribution < 1.29 is 9.90 Å². The van der Waals surface area contributed by atoms with Crippen molar-refractivity contribution in [3.05, 3.63) is 27.3 Å². The van der Waals surface area contributed by atoms with E-state index in [9.17, 15) is 9.90 Å². The van der Waals surface area contributed by atoms with Crippen molar-refractivity contribution in [3.63, 3.8) is 0 Å². The summed E-state index contributed by atoms with van der Waals surface area (Å²) in [6, 6.07) is 5.10. The summed E-state index contributed by atoms with van der Waals surface area (Å²) < 4.78 is 0.764. The Hall–Kier alpha value is -0.780. The second-order valence-electron chi connectivity index (χ2n) is 5.04. The highest BCUT2D eigenvalue weighted by Gasteiger charge is 2.35. The van der Waals surface area contributed by atoms with Crippen LogP contribution in [-0.4, -0.2) is 28.0 Å². The summed E-state index contributed by atoms with van der Waals surface area (Å²) in [7, 11) is 0. The van der Waals surface area contributed by atoms with Crippen molar-refractivity contribution in [1.29, 1.82) is 0 Å². The van der Waals surface area contributed by atoms with Gasteiger partial charge in [0.15, 0.2) is 0 Å². The zero-order valence-corrected chi connectivity index (χ0v) is 12.2. The van der Waals surface area contributed by atoms with Gasteiger partial charge in [-0.3, -0.25) is 4.79 Å². The minimum atomic E-state index is -0.0737. The van der Waals surface area contributed by atoms with Crippen LogP contribution < -0.4 is 0 Å². The Bertz CT molecular complexity index is 457. The van der Waals surface area contributed by atoms with Gasteiger partial charge in [0.2, 0.25) is 0 Å². The standard InChI is InChI=1S/C13H16INO2/c1-13(2)6-3-7-15(13)12(17)9-4-5-10(14)11(16)8-9/h4-5,8,16H,3,6-7H2,1-2H3. The van der Waals surface area contributed by atoms with E-state index < -0.39 is 0 Å². The Balaban J connectivity index is 2.28. The summed E-state index contributed by atoms with van der Waals surface area (Å²) in [6.45, 7) is 4.98. The van der Waals surface area contributed by atoms with E-state index >= 15 is 0 Å². The largest absolute Gasteiger partial charge is 0.507 e. The van der Waals surface area contributed by atoms with Crippen LogP contribution in [0.25, 0.3) is 0 Å². The number of benzene rings is 1. The maximum atomic E-state index is 12.3. The van der Waals surface area contributed by atoms with Gasteiger partial charge in [-0.2, -0.15) is 0 Å². The minimum absolute atomic E-state index is 0.0131. The quantitative estimate of drug-likeness (QED) is 0.795. The molecule has 17 heavy (non-hydrogen) atoms. The van der Waals surface area contributed by atoms with E-state index in [1.807, 2.05) is 27.5 Å². The molecule has 1 aromatic rings. The number of amides is 1. The maximum absolute atomic E-state index is 12.3. The minimum Gasteiger partial charge on any atom is -0.507 e. The number of rotatable bonds is 1. The molecule has 0 radical (unpaired) electrons. The average molecular weight is 345 g/mol. The van der Waals surface area contributed by atoms with Crippen LogP contribution in [-0.2, 0) is 0 Å². The normalized spacial score (nSPS) is 18.4. The Morgan fingerprint density at radius 3 is 2.71 bits per heavy atom. The number of phenols is 1.